The average molecular weight is 232 g/mol. The Kier molecular flexibility index (Phi) is 4.73. The van der Waals surface area contributed by atoms with E-state index in [1.165, 1.54) is 0 Å². The molecule has 1 nitrogen and oxygen atoms in total. The van der Waals surface area contributed by atoms with Crippen molar-refractivity contribution in [1.29, 1.82) is 0 Å². The van der Waals surface area contributed by atoms with Crippen molar-refractivity contribution in [3.63, 3.8) is 0 Å². The zero-order valence-corrected chi connectivity index (χ0v) is 9.99. The molecule has 0 saturated carbocycles. The summed E-state index contributed by atoms with van der Waals surface area (Å²) >= 11 is 11.8. The summed E-state index contributed by atoms with van der Waals surface area (Å²) in [5.74, 6) is 0. The van der Waals surface area contributed by atoms with Gasteiger partial charge in [0.2, 0.25) is 0 Å². The average Bonchev–Trinajstić information content (AvgIpc) is 2.12. The molecule has 3 heteroatoms. The number of halogens is 2. The SMILES string of the molecule is CCCNC(C)c1cc(Cl)cc(Cl)c1. The quantitative estimate of drug-likeness (QED) is 0.825. The van der Waals surface area contributed by atoms with Gasteiger partial charge >= 0.3 is 0 Å². The smallest absolute Gasteiger partial charge is 0.0424 e. The van der Waals surface area contributed by atoms with Gasteiger partial charge in [-0.2, -0.15) is 0 Å². The molecule has 1 aromatic rings. The molecule has 0 amide bonds. The maximum Gasteiger partial charge on any atom is 0.0424 e. The van der Waals surface area contributed by atoms with Crippen LogP contribution in [-0.2, 0) is 0 Å². The van der Waals surface area contributed by atoms with E-state index < -0.39 is 0 Å². The summed E-state index contributed by atoms with van der Waals surface area (Å²) in [6, 6.07) is 5.94. The number of hydrogen-bond acceptors (Lipinski definition) is 1. The molecule has 1 aromatic carbocycles. The lowest BCUT2D eigenvalue weighted by Gasteiger charge is -2.14. The van der Waals surface area contributed by atoms with Crippen LogP contribution >= 0.6 is 23.2 Å². The minimum absolute atomic E-state index is 0.297. The normalized spacial score (nSPS) is 12.9. The molecule has 0 aliphatic rings. The minimum Gasteiger partial charge on any atom is -0.310 e. The predicted octanol–water partition coefficient (Wildman–Crippen LogP) is 4.05. The van der Waals surface area contributed by atoms with E-state index in [0.29, 0.717) is 16.1 Å². The fourth-order valence-corrected chi connectivity index (χ4v) is 1.85. The Bertz CT molecular complexity index is 279. The van der Waals surface area contributed by atoms with Crippen LogP contribution in [-0.4, -0.2) is 6.54 Å². The number of benzene rings is 1. The van der Waals surface area contributed by atoms with Crippen LogP contribution in [0.5, 0.6) is 0 Å². The third-order valence-corrected chi connectivity index (χ3v) is 2.52. The molecular weight excluding hydrogens is 217 g/mol. The summed E-state index contributed by atoms with van der Waals surface area (Å²) in [6.45, 7) is 5.26. The fourth-order valence-electron chi connectivity index (χ4n) is 1.30. The highest BCUT2D eigenvalue weighted by atomic mass is 35.5. The Hall–Kier alpha value is -0.240. The van der Waals surface area contributed by atoms with Crippen LogP contribution in [0.2, 0.25) is 10.0 Å². The van der Waals surface area contributed by atoms with Crippen molar-refractivity contribution in [3.8, 4) is 0 Å². The molecule has 0 heterocycles. The highest BCUT2D eigenvalue weighted by Gasteiger charge is 2.05. The lowest BCUT2D eigenvalue weighted by Crippen LogP contribution is -2.19. The summed E-state index contributed by atoms with van der Waals surface area (Å²) in [4.78, 5) is 0. The van der Waals surface area contributed by atoms with E-state index in [9.17, 15) is 0 Å². The predicted molar refractivity (Wildman–Crippen MR) is 63.2 cm³/mol. The van der Waals surface area contributed by atoms with Gasteiger partial charge in [-0.05, 0) is 43.7 Å². The van der Waals surface area contributed by atoms with E-state index in [0.717, 1.165) is 18.5 Å². The van der Waals surface area contributed by atoms with E-state index in [1.54, 1.807) is 6.07 Å². The van der Waals surface area contributed by atoms with Gasteiger partial charge in [-0.3, -0.25) is 0 Å². The number of rotatable bonds is 4. The summed E-state index contributed by atoms with van der Waals surface area (Å²) in [7, 11) is 0. The third kappa shape index (κ3) is 3.49. The second kappa shape index (κ2) is 5.59. The molecule has 0 aliphatic carbocycles. The van der Waals surface area contributed by atoms with Gasteiger partial charge < -0.3 is 5.32 Å². The first kappa shape index (κ1) is 11.8. The maximum atomic E-state index is 5.92. The fraction of sp³-hybridized carbons (Fsp3) is 0.455. The number of nitrogens with one attached hydrogen (secondary N) is 1. The van der Waals surface area contributed by atoms with Gasteiger partial charge in [-0.25, -0.2) is 0 Å². The summed E-state index contributed by atoms with van der Waals surface area (Å²) in [6.07, 6.45) is 1.12. The Balaban J connectivity index is 2.73. The molecule has 0 bridgehead atoms. The molecule has 14 heavy (non-hydrogen) atoms. The van der Waals surface area contributed by atoms with Crippen molar-refractivity contribution < 1.29 is 0 Å². The van der Waals surface area contributed by atoms with Gasteiger partial charge in [0.25, 0.3) is 0 Å². The van der Waals surface area contributed by atoms with Crippen molar-refractivity contribution in [2.45, 2.75) is 26.3 Å². The zero-order chi connectivity index (χ0) is 10.6. The highest BCUT2D eigenvalue weighted by molar-refractivity contribution is 6.34. The molecule has 0 aliphatic heterocycles. The second-order valence-corrected chi connectivity index (χ2v) is 4.25. The summed E-state index contributed by atoms with van der Waals surface area (Å²) in [5, 5.41) is 4.77. The first-order valence-electron chi connectivity index (χ1n) is 4.83. The van der Waals surface area contributed by atoms with Crippen molar-refractivity contribution in [2.24, 2.45) is 0 Å². The zero-order valence-electron chi connectivity index (χ0n) is 8.48. The first-order valence-corrected chi connectivity index (χ1v) is 5.58. The lowest BCUT2D eigenvalue weighted by atomic mass is 10.1. The molecule has 1 unspecified atom stereocenters. The van der Waals surface area contributed by atoms with E-state index in [1.807, 2.05) is 12.1 Å². The Morgan fingerprint density at radius 3 is 2.29 bits per heavy atom. The summed E-state index contributed by atoms with van der Waals surface area (Å²) < 4.78 is 0. The molecule has 0 aromatic heterocycles. The Morgan fingerprint density at radius 2 is 1.79 bits per heavy atom. The molecular formula is C11H15Cl2N. The second-order valence-electron chi connectivity index (χ2n) is 3.38. The van der Waals surface area contributed by atoms with Gasteiger partial charge in [0.15, 0.2) is 0 Å². The van der Waals surface area contributed by atoms with Crippen molar-refractivity contribution in [3.05, 3.63) is 33.8 Å². The van der Waals surface area contributed by atoms with E-state index in [-0.39, 0.29) is 0 Å². The molecule has 0 fully saturated rings. The topological polar surface area (TPSA) is 12.0 Å². The molecule has 78 valence electrons. The van der Waals surface area contributed by atoms with Gasteiger partial charge in [0, 0.05) is 16.1 Å². The monoisotopic (exact) mass is 231 g/mol. The summed E-state index contributed by atoms with van der Waals surface area (Å²) in [5.41, 5.74) is 1.14. The Morgan fingerprint density at radius 1 is 1.21 bits per heavy atom. The van der Waals surface area contributed by atoms with Gasteiger partial charge in [0.05, 0.1) is 0 Å². The number of hydrogen-bond donors (Lipinski definition) is 1. The molecule has 1 atom stereocenters. The van der Waals surface area contributed by atoms with Crippen LogP contribution in [0.4, 0.5) is 0 Å². The molecule has 1 rings (SSSR count). The van der Waals surface area contributed by atoms with Crippen LogP contribution in [0.15, 0.2) is 18.2 Å². The lowest BCUT2D eigenvalue weighted by molar-refractivity contribution is 0.571. The van der Waals surface area contributed by atoms with Gasteiger partial charge in [-0.15, -0.1) is 0 Å². The van der Waals surface area contributed by atoms with Crippen LogP contribution in [0.25, 0.3) is 0 Å². The van der Waals surface area contributed by atoms with Crippen LogP contribution in [0, 0.1) is 0 Å². The van der Waals surface area contributed by atoms with Gasteiger partial charge in [0.1, 0.15) is 0 Å². The van der Waals surface area contributed by atoms with E-state index in [2.05, 4.69) is 19.2 Å². The van der Waals surface area contributed by atoms with Crippen LogP contribution < -0.4 is 5.32 Å². The minimum atomic E-state index is 0.297. The van der Waals surface area contributed by atoms with Crippen molar-refractivity contribution in [1.82, 2.24) is 5.32 Å². The van der Waals surface area contributed by atoms with Crippen molar-refractivity contribution >= 4 is 23.2 Å². The first-order chi connectivity index (χ1) is 6.63. The van der Waals surface area contributed by atoms with E-state index >= 15 is 0 Å². The van der Waals surface area contributed by atoms with E-state index in [4.69, 9.17) is 23.2 Å². The molecule has 0 radical (unpaired) electrons. The maximum absolute atomic E-state index is 5.92. The standard InChI is InChI=1S/C11H15Cl2N/c1-3-4-14-8(2)9-5-10(12)7-11(13)6-9/h5-8,14H,3-4H2,1-2H3. The van der Waals surface area contributed by atoms with Crippen LogP contribution in [0.1, 0.15) is 31.9 Å². The Labute approximate surface area is 95.4 Å². The molecule has 0 saturated heterocycles. The largest absolute Gasteiger partial charge is 0.310 e. The van der Waals surface area contributed by atoms with Gasteiger partial charge in [-0.1, -0.05) is 30.1 Å². The van der Waals surface area contributed by atoms with Crippen molar-refractivity contribution in [2.75, 3.05) is 6.54 Å². The molecule has 0 spiro atoms. The highest BCUT2D eigenvalue weighted by Crippen LogP contribution is 2.23. The third-order valence-electron chi connectivity index (χ3n) is 2.09. The van der Waals surface area contributed by atoms with Crippen LogP contribution in [0.3, 0.4) is 0 Å². The molecule has 1 N–H and O–H groups in total.